The molecule has 0 saturated heterocycles. The Bertz CT molecular complexity index is 625. The molecule has 2 N–H and O–H groups in total. The second-order valence-electron chi connectivity index (χ2n) is 5.46. The molecule has 6 heteroatoms. The fraction of sp³-hybridized carbons (Fsp3) is 0.375. The van der Waals surface area contributed by atoms with Crippen molar-refractivity contribution in [2.24, 2.45) is 0 Å². The first-order valence-electron chi connectivity index (χ1n) is 7.57. The van der Waals surface area contributed by atoms with Crippen LogP contribution < -0.4 is 10.6 Å². The van der Waals surface area contributed by atoms with Crippen molar-refractivity contribution >= 4 is 11.7 Å². The molecule has 0 spiro atoms. The van der Waals surface area contributed by atoms with Gasteiger partial charge in [-0.1, -0.05) is 18.9 Å². The SMILES string of the molecule is O=C(NCc1cccnc1)c1cc(NC2CCCC2)ncn1. The molecule has 22 heavy (non-hydrogen) atoms. The number of nitrogens with one attached hydrogen (secondary N) is 2. The lowest BCUT2D eigenvalue weighted by Gasteiger charge is -2.12. The minimum absolute atomic E-state index is 0.208. The van der Waals surface area contributed by atoms with Crippen LogP contribution in [0.3, 0.4) is 0 Å². The molecule has 1 aliphatic rings. The maximum Gasteiger partial charge on any atom is 0.270 e. The number of hydrogen-bond acceptors (Lipinski definition) is 5. The maximum atomic E-state index is 12.2. The van der Waals surface area contributed by atoms with E-state index >= 15 is 0 Å². The molecule has 2 aromatic rings. The van der Waals surface area contributed by atoms with Gasteiger partial charge in [0.15, 0.2) is 0 Å². The van der Waals surface area contributed by atoms with Crippen LogP contribution in [0.5, 0.6) is 0 Å². The van der Waals surface area contributed by atoms with Gasteiger partial charge in [0.05, 0.1) is 0 Å². The highest BCUT2D eigenvalue weighted by Crippen LogP contribution is 2.21. The van der Waals surface area contributed by atoms with Gasteiger partial charge in [-0.25, -0.2) is 9.97 Å². The number of rotatable bonds is 5. The normalized spacial score (nSPS) is 14.7. The molecule has 114 valence electrons. The number of carbonyl (C=O) groups excluding carboxylic acids is 1. The number of amides is 1. The molecule has 0 atom stereocenters. The van der Waals surface area contributed by atoms with Crippen LogP contribution in [-0.2, 0) is 6.54 Å². The van der Waals surface area contributed by atoms with Crippen LogP contribution in [0.2, 0.25) is 0 Å². The largest absolute Gasteiger partial charge is 0.367 e. The second kappa shape index (κ2) is 6.98. The molecular weight excluding hydrogens is 278 g/mol. The third-order valence-corrected chi connectivity index (χ3v) is 3.78. The molecule has 3 rings (SSSR count). The summed E-state index contributed by atoms with van der Waals surface area (Å²) in [7, 11) is 0. The molecular formula is C16H19N5O. The molecule has 6 nitrogen and oxygen atoms in total. The van der Waals surface area contributed by atoms with E-state index in [2.05, 4.69) is 25.6 Å². The molecule has 0 unspecified atom stereocenters. The van der Waals surface area contributed by atoms with Crippen LogP contribution in [0, 0.1) is 0 Å². The Morgan fingerprint density at radius 1 is 1.27 bits per heavy atom. The van der Waals surface area contributed by atoms with E-state index in [1.807, 2.05) is 12.1 Å². The van der Waals surface area contributed by atoms with Gasteiger partial charge in [-0.2, -0.15) is 0 Å². The lowest BCUT2D eigenvalue weighted by atomic mass is 10.2. The Balaban J connectivity index is 1.59. The van der Waals surface area contributed by atoms with E-state index in [0.717, 1.165) is 18.4 Å². The van der Waals surface area contributed by atoms with Gasteiger partial charge in [0.25, 0.3) is 5.91 Å². The Hall–Kier alpha value is -2.50. The van der Waals surface area contributed by atoms with Crippen molar-refractivity contribution in [3.63, 3.8) is 0 Å². The summed E-state index contributed by atoms with van der Waals surface area (Å²) in [6.45, 7) is 0.433. The fourth-order valence-electron chi connectivity index (χ4n) is 2.62. The summed E-state index contributed by atoms with van der Waals surface area (Å²) < 4.78 is 0. The topological polar surface area (TPSA) is 79.8 Å². The molecule has 0 bridgehead atoms. The van der Waals surface area contributed by atoms with Crippen LogP contribution in [0.1, 0.15) is 41.7 Å². The molecule has 0 aliphatic heterocycles. The number of hydrogen-bond donors (Lipinski definition) is 2. The summed E-state index contributed by atoms with van der Waals surface area (Å²) in [5.74, 6) is 0.508. The van der Waals surface area contributed by atoms with E-state index in [9.17, 15) is 4.79 Å². The minimum atomic E-state index is -0.208. The third kappa shape index (κ3) is 3.78. The van der Waals surface area contributed by atoms with Crippen molar-refractivity contribution in [3.8, 4) is 0 Å². The Morgan fingerprint density at radius 3 is 2.91 bits per heavy atom. The van der Waals surface area contributed by atoms with Gasteiger partial charge in [0, 0.05) is 31.0 Å². The third-order valence-electron chi connectivity index (χ3n) is 3.78. The Kier molecular flexibility index (Phi) is 4.58. The van der Waals surface area contributed by atoms with Crippen molar-refractivity contribution in [1.82, 2.24) is 20.3 Å². The number of aromatic nitrogens is 3. The molecule has 2 heterocycles. The smallest absolute Gasteiger partial charge is 0.270 e. The first-order chi connectivity index (χ1) is 10.8. The summed E-state index contributed by atoms with van der Waals surface area (Å²) in [5.41, 5.74) is 1.33. The van der Waals surface area contributed by atoms with Gasteiger partial charge >= 0.3 is 0 Å². The van der Waals surface area contributed by atoms with E-state index in [1.54, 1.807) is 18.5 Å². The van der Waals surface area contributed by atoms with Crippen LogP contribution >= 0.6 is 0 Å². The Labute approximate surface area is 129 Å². The average Bonchev–Trinajstić information content (AvgIpc) is 3.07. The lowest BCUT2D eigenvalue weighted by molar-refractivity contribution is 0.0945. The highest BCUT2D eigenvalue weighted by Gasteiger charge is 2.16. The van der Waals surface area contributed by atoms with E-state index in [0.29, 0.717) is 24.1 Å². The monoisotopic (exact) mass is 297 g/mol. The fourth-order valence-corrected chi connectivity index (χ4v) is 2.62. The summed E-state index contributed by atoms with van der Waals surface area (Å²) >= 11 is 0. The van der Waals surface area contributed by atoms with Gasteiger partial charge in [0.2, 0.25) is 0 Å². The van der Waals surface area contributed by atoms with Crippen molar-refractivity contribution < 1.29 is 4.79 Å². The predicted molar refractivity (Wildman–Crippen MR) is 83.3 cm³/mol. The number of carbonyl (C=O) groups is 1. The van der Waals surface area contributed by atoms with Crippen molar-refractivity contribution in [1.29, 1.82) is 0 Å². The standard InChI is InChI=1S/C16H19N5O/c22-16(18-10-12-4-3-7-17-9-12)14-8-15(20-11-19-14)21-13-5-1-2-6-13/h3-4,7-9,11,13H,1-2,5-6,10H2,(H,18,22)(H,19,20,21). The maximum absolute atomic E-state index is 12.2. The number of pyridine rings is 1. The van der Waals surface area contributed by atoms with Gasteiger partial charge in [-0.05, 0) is 24.5 Å². The van der Waals surface area contributed by atoms with Crippen LogP contribution in [0.15, 0.2) is 36.9 Å². The summed E-state index contributed by atoms with van der Waals surface area (Å²) in [5, 5.41) is 6.21. The van der Waals surface area contributed by atoms with Crippen molar-refractivity contribution in [3.05, 3.63) is 48.2 Å². The van der Waals surface area contributed by atoms with E-state index in [-0.39, 0.29) is 5.91 Å². The summed E-state index contributed by atoms with van der Waals surface area (Å²) in [6.07, 6.45) is 9.68. The molecule has 1 saturated carbocycles. The molecule has 1 aliphatic carbocycles. The second-order valence-corrected chi connectivity index (χ2v) is 5.46. The zero-order valence-corrected chi connectivity index (χ0v) is 12.3. The first-order valence-corrected chi connectivity index (χ1v) is 7.57. The van der Waals surface area contributed by atoms with Gasteiger partial charge in [0.1, 0.15) is 17.8 Å². The molecule has 0 aromatic carbocycles. The van der Waals surface area contributed by atoms with E-state index in [1.165, 1.54) is 19.2 Å². The molecule has 2 aromatic heterocycles. The van der Waals surface area contributed by atoms with Crippen molar-refractivity contribution in [2.45, 2.75) is 38.3 Å². The van der Waals surface area contributed by atoms with Gasteiger partial charge < -0.3 is 10.6 Å². The quantitative estimate of drug-likeness (QED) is 0.884. The lowest BCUT2D eigenvalue weighted by Crippen LogP contribution is -2.24. The highest BCUT2D eigenvalue weighted by atomic mass is 16.1. The van der Waals surface area contributed by atoms with Crippen molar-refractivity contribution in [2.75, 3.05) is 5.32 Å². The van der Waals surface area contributed by atoms with Crippen LogP contribution in [0.25, 0.3) is 0 Å². The van der Waals surface area contributed by atoms with Gasteiger partial charge in [-0.3, -0.25) is 9.78 Å². The van der Waals surface area contributed by atoms with Crippen LogP contribution in [0.4, 0.5) is 5.82 Å². The molecule has 0 radical (unpaired) electrons. The minimum Gasteiger partial charge on any atom is -0.367 e. The summed E-state index contributed by atoms with van der Waals surface area (Å²) in [6, 6.07) is 5.92. The highest BCUT2D eigenvalue weighted by molar-refractivity contribution is 5.92. The van der Waals surface area contributed by atoms with Crippen LogP contribution in [-0.4, -0.2) is 26.9 Å². The zero-order valence-electron chi connectivity index (χ0n) is 12.3. The average molecular weight is 297 g/mol. The molecule has 1 fully saturated rings. The first kappa shape index (κ1) is 14.4. The summed E-state index contributed by atoms with van der Waals surface area (Å²) in [4.78, 5) is 24.4. The number of anilines is 1. The zero-order chi connectivity index (χ0) is 15.2. The number of nitrogens with zero attached hydrogens (tertiary/aromatic N) is 3. The van der Waals surface area contributed by atoms with E-state index < -0.39 is 0 Å². The van der Waals surface area contributed by atoms with E-state index in [4.69, 9.17) is 0 Å². The predicted octanol–water partition coefficient (Wildman–Crippen LogP) is 2.16. The van der Waals surface area contributed by atoms with Gasteiger partial charge in [-0.15, -0.1) is 0 Å². The Morgan fingerprint density at radius 2 is 2.14 bits per heavy atom. The molecule has 1 amide bonds.